The molecule has 2 rings (SSSR count). The highest BCUT2D eigenvalue weighted by molar-refractivity contribution is 6.28. The second-order valence-corrected chi connectivity index (χ2v) is 5.27. The minimum absolute atomic E-state index is 0.0283. The Bertz CT molecular complexity index is 671. The number of nitrogens with zero attached hydrogens (tertiary/aromatic N) is 3. The third kappa shape index (κ3) is 3.46. The van der Waals surface area contributed by atoms with E-state index < -0.39 is 4.92 Å². The van der Waals surface area contributed by atoms with E-state index in [0.29, 0.717) is 11.6 Å². The highest BCUT2D eigenvalue weighted by Crippen LogP contribution is 2.29. The Morgan fingerprint density at radius 3 is 2.38 bits per heavy atom. The van der Waals surface area contributed by atoms with Gasteiger partial charge in [0.15, 0.2) is 0 Å². The first-order chi connectivity index (χ1) is 9.88. The zero-order valence-corrected chi connectivity index (χ0v) is 12.7. The largest absolute Gasteiger partial charge is 0.334 e. The standard InChI is InChI=1S/C14H15ClN4O2/c1-8(2)10-4-6-11(7-5-10)17-13-12(19(20)21)9(3)16-14(15)18-13/h4-8H,1-3H3,(H,16,17,18). The van der Waals surface area contributed by atoms with Crippen molar-refractivity contribution in [2.75, 3.05) is 5.32 Å². The highest BCUT2D eigenvalue weighted by atomic mass is 35.5. The molecule has 0 amide bonds. The number of halogens is 1. The van der Waals surface area contributed by atoms with Crippen LogP contribution >= 0.6 is 11.6 Å². The summed E-state index contributed by atoms with van der Waals surface area (Å²) in [6, 6.07) is 7.64. The van der Waals surface area contributed by atoms with Crippen molar-refractivity contribution in [1.29, 1.82) is 0 Å². The molecule has 110 valence electrons. The number of aromatic nitrogens is 2. The van der Waals surface area contributed by atoms with Crippen LogP contribution in [0.5, 0.6) is 0 Å². The molecule has 0 bridgehead atoms. The van der Waals surface area contributed by atoms with Gasteiger partial charge in [-0.15, -0.1) is 0 Å². The van der Waals surface area contributed by atoms with Crippen molar-refractivity contribution in [2.45, 2.75) is 26.7 Å². The van der Waals surface area contributed by atoms with Gasteiger partial charge in [0.05, 0.1) is 4.92 Å². The number of rotatable bonds is 4. The topological polar surface area (TPSA) is 81.0 Å². The Kier molecular flexibility index (Phi) is 4.37. The first-order valence-corrected chi connectivity index (χ1v) is 6.81. The van der Waals surface area contributed by atoms with Crippen molar-refractivity contribution in [2.24, 2.45) is 0 Å². The number of nitro groups is 1. The zero-order chi connectivity index (χ0) is 15.6. The summed E-state index contributed by atoms with van der Waals surface area (Å²) in [5.74, 6) is 0.513. The number of nitrogens with one attached hydrogen (secondary N) is 1. The lowest BCUT2D eigenvalue weighted by Gasteiger charge is -2.10. The molecule has 0 saturated carbocycles. The number of hydrogen-bond acceptors (Lipinski definition) is 5. The molecule has 0 aliphatic heterocycles. The predicted octanol–water partition coefficient (Wildman–Crippen LogP) is 4.21. The normalized spacial score (nSPS) is 10.7. The van der Waals surface area contributed by atoms with E-state index in [-0.39, 0.29) is 22.5 Å². The Hall–Kier alpha value is -2.21. The Morgan fingerprint density at radius 2 is 1.86 bits per heavy atom. The molecule has 1 aromatic carbocycles. The van der Waals surface area contributed by atoms with Crippen molar-refractivity contribution in [3.05, 3.63) is 50.9 Å². The summed E-state index contributed by atoms with van der Waals surface area (Å²) in [5, 5.41) is 14.0. The number of aryl methyl sites for hydroxylation is 1. The molecule has 1 aromatic heterocycles. The molecule has 1 heterocycles. The Balaban J connectivity index is 2.37. The summed E-state index contributed by atoms with van der Waals surface area (Å²) in [6.07, 6.45) is 0. The van der Waals surface area contributed by atoms with Crippen LogP contribution in [0.3, 0.4) is 0 Å². The monoisotopic (exact) mass is 306 g/mol. The number of benzene rings is 1. The lowest BCUT2D eigenvalue weighted by Crippen LogP contribution is -2.04. The van der Waals surface area contributed by atoms with Gasteiger partial charge in [-0.2, -0.15) is 4.98 Å². The molecule has 0 spiro atoms. The van der Waals surface area contributed by atoms with E-state index in [0.717, 1.165) is 0 Å². The van der Waals surface area contributed by atoms with E-state index in [2.05, 4.69) is 29.1 Å². The molecule has 0 atom stereocenters. The molecule has 6 nitrogen and oxygen atoms in total. The van der Waals surface area contributed by atoms with Crippen LogP contribution < -0.4 is 5.32 Å². The van der Waals surface area contributed by atoms with Crippen LogP contribution in [0.2, 0.25) is 5.28 Å². The molecule has 7 heteroatoms. The maximum absolute atomic E-state index is 11.1. The van der Waals surface area contributed by atoms with Gasteiger partial charge in [-0.05, 0) is 42.1 Å². The smallest absolute Gasteiger partial charge is 0.332 e. The zero-order valence-electron chi connectivity index (χ0n) is 11.9. The van der Waals surface area contributed by atoms with Crippen LogP contribution in [-0.2, 0) is 0 Å². The molecule has 0 aliphatic carbocycles. The summed E-state index contributed by atoms with van der Waals surface area (Å²) in [7, 11) is 0. The minimum atomic E-state index is -0.517. The molecular formula is C14H15ClN4O2. The van der Waals surface area contributed by atoms with Gasteiger partial charge in [-0.1, -0.05) is 26.0 Å². The predicted molar refractivity (Wildman–Crippen MR) is 82.2 cm³/mol. The SMILES string of the molecule is Cc1nc(Cl)nc(Nc2ccc(C(C)C)cc2)c1[N+](=O)[O-]. The summed E-state index contributed by atoms with van der Waals surface area (Å²) < 4.78 is 0. The molecule has 0 fully saturated rings. The van der Waals surface area contributed by atoms with Gasteiger partial charge in [-0.25, -0.2) is 4.98 Å². The second-order valence-electron chi connectivity index (χ2n) is 4.93. The average Bonchev–Trinajstić information content (AvgIpc) is 2.37. The Morgan fingerprint density at radius 1 is 1.24 bits per heavy atom. The summed E-state index contributed by atoms with van der Waals surface area (Å²) in [5.41, 5.74) is 1.94. The summed E-state index contributed by atoms with van der Waals surface area (Å²) in [4.78, 5) is 18.3. The second kappa shape index (κ2) is 6.05. The quantitative estimate of drug-likeness (QED) is 0.520. The maximum atomic E-state index is 11.1. The molecule has 0 unspecified atom stereocenters. The first-order valence-electron chi connectivity index (χ1n) is 6.44. The van der Waals surface area contributed by atoms with Crippen LogP contribution in [0.1, 0.15) is 31.0 Å². The lowest BCUT2D eigenvalue weighted by atomic mass is 10.0. The minimum Gasteiger partial charge on any atom is -0.334 e. The molecule has 0 radical (unpaired) electrons. The van der Waals surface area contributed by atoms with Crippen LogP contribution in [0.15, 0.2) is 24.3 Å². The molecule has 1 N–H and O–H groups in total. The van der Waals surface area contributed by atoms with Crippen LogP contribution in [0.25, 0.3) is 0 Å². The van der Waals surface area contributed by atoms with Gasteiger partial charge in [0.25, 0.3) is 0 Å². The van der Waals surface area contributed by atoms with Crippen LogP contribution in [0.4, 0.5) is 17.2 Å². The average molecular weight is 307 g/mol. The van der Waals surface area contributed by atoms with Crippen LogP contribution in [-0.4, -0.2) is 14.9 Å². The summed E-state index contributed by atoms with van der Waals surface area (Å²) >= 11 is 5.77. The fourth-order valence-corrected chi connectivity index (χ4v) is 2.14. The van der Waals surface area contributed by atoms with Crippen molar-refractivity contribution in [3.8, 4) is 0 Å². The highest BCUT2D eigenvalue weighted by Gasteiger charge is 2.21. The van der Waals surface area contributed by atoms with E-state index in [4.69, 9.17) is 11.6 Å². The Labute approximate surface area is 127 Å². The van der Waals surface area contributed by atoms with E-state index in [1.807, 2.05) is 24.3 Å². The lowest BCUT2D eigenvalue weighted by molar-refractivity contribution is -0.385. The van der Waals surface area contributed by atoms with E-state index in [9.17, 15) is 10.1 Å². The first kappa shape index (κ1) is 15.2. The van der Waals surface area contributed by atoms with Gasteiger partial charge in [0.2, 0.25) is 11.1 Å². The van der Waals surface area contributed by atoms with Gasteiger partial charge in [0, 0.05) is 5.69 Å². The van der Waals surface area contributed by atoms with Crippen molar-refractivity contribution >= 4 is 28.8 Å². The summed E-state index contributed by atoms with van der Waals surface area (Å²) in [6.45, 7) is 5.72. The molecule has 2 aromatic rings. The fourth-order valence-electron chi connectivity index (χ4n) is 1.93. The maximum Gasteiger partial charge on any atom is 0.332 e. The van der Waals surface area contributed by atoms with E-state index in [1.54, 1.807) is 0 Å². The number of hydrogen-bond donors (Lipinski definition) is 1. The third-order valence-corrected chi connectivity index (χ3v) is 3.22. The van der Waals surface area contributed by atoms with Gasteiger partial charge in [-0.3, -0.25) is 10.1 Å². The van der Waals surface area contributed by atoms with Crippen molar-refractivity contribution in [1.82, 2.24) is 9.97 Å². The van der Waals surface area contributed by atoms with Crippen molar-refractivity contribution in [3.63, 3.8) is 0 Å². The number of anilines is 2. The fraction of sp³-hybridized carbons (Fsp3) is 0.286. The van der Waals surface area contributed by atoms with E-state index in [1.165, 1.54) is 12.5 Å². The molecule has 21 heavy (non-hydrogen) atoms. The van der Waals surface area contributed by atoms with Crippen molar-refractivity contribution < 1.29 is 4.92 Å². The third-order valence-electron chi connectivity index (χ3n) is 3.05. The van der Waals surface area contributed by atoms with E-state index >= 15 is 0 Å². The van der Waals surface area contributed by atoms with Gasteiger partial charge < -0.3 is 5.32 Å². The van der Waals surface area contributed by atoms with Crippen LogP contribution in [0, 0.1) is 17.0 Å². The molecular weight excluding hydrogens is 292 g/mol. The van der Waals surface area contributed by atoms with Gasteiger partial charge in [0.1, 0.15) is 5.69 Å². The molecule has 0 aliphatic rings. The molecule has 0 saturated heterocycles. The van der Waals surface area contributed by atoms with Gasteiger partial charge >= 0.3 is 5.69 Å².